The Labute approximate surface area is 116 Å². The largest absolute Gasteiger partial charge is 0.293 e. The zero-order chi connectivity index (χ0) is 14.2. The maximum absolute atomic E-state index is 13.0. The zero-order valence-electron chi connectivity index (χ0n) is 9.05. The third-order valence-corrected chi connectivity index (χ3v) is 3.95. The fourth-order valence-electron chi connectivity index (χ4n) is 1.35. The van der Waals surface area contributed by atoms with Crippen LogP contribution in [0.5, 0.6) is 0 Å². The van der Waals surface area contributed by atoms with E-state index in [1.54, 1.807) is 0 Å². The Balaban J connectivity index is 2.56. The molecule has 100 valence electrons. The molecule has 0 saturated heterocycles. The molecule has 0 N–H and O–H groups in total. The first-order valence-electron chi connectivity index (χ1n) is 4.79. The van der Waals surface area contributed by atoms with Crippen LogP contribution in [0.1, 0.15) is 0 Å². The Morgan fingerprint density at radius 1 is 1.21 bits per heavy atom. The Morgan fingerprint density at radius 2 is 1.79 bits per heavy atom. The fourth-order valence-corrected chi connectivity index (χ4v) is 2.25. The lowest BCUT2D eigenvalue weighted by Gasteiger charge is -2.05. The van der Waals surface area contributed by atoms with Gasteiger partial charge in [0.25, 0.3) is 14.6 Å². The average molecular weight is 323 g/mol. The lowest BCUT2D eigenvalue weighted by atomic mass is 10.3. The van der Waals surface area contributed by atoms with Crippen molar-refractivity contribution >= 4 is 31.3 Å². The van der Waals surface area contributed by atoms with Crippen LogP contribution >= 0.6 is 22.3 Å². The molecule has 0 bridgehead atoms. The summed E-state index contributed by atoms with van der Waals surface area (Å²) in [6.07, 6.45) is 0.788. The number of hydrogen-bond donors (Lipinski definition) is 0. The molecule has 5 nitrogen and oxygen atoms in total. The second-order valence-corrected chi connectivity index (χ2v) is 6.40. The Hall–Kier alpha value is -1.44. The van der Waals surface area contributed by atoms with Gasteiger partial charge in [-0.3, -0.25) is 4.79 Å². The smallest absolute Gasteiger partial charge is 0.266 e. The van der Waals surface area contributed by atoms with Gasteiger partial charge in [-0.1, -0.05) is 11.6 Å². The standard InChI is InChI=1S/C10H5Cl2FN2O3S/c11-9-8(13)5-14-15(10(9)16)6-1-3-7(4-2-6)19(12,17)18/h1-5H. The number of hydrogen-bond acceptors (Lipinski definition) is 4. The topological polar surface area (TPSA) is 69.0 Å². The fraction of sp³-hybridized carbons (Fsp3) is 0. The predicted molar refractivity (Wildman–Crippen MR) is 67.8 cm³/mol. The quantitative estimate of drug-likeness (QED) is 0.792. The number of halogens is 3. The zero-order valence-corrected chi connectivity index (χ0v) is 11.4. The summed E-state index contributed by atoms with van der Waals surface area (Å²) in [4.78, 5) is 11.5. The predicted octanol–water partition coefficient (Wildman–Crippen LogP) is 1.95. The molecule has 9 heteroatoms. The van der Waals surface area contributed by atoms with Gasteiger partial charge >= 0.3 is 0 Å². The minimum atomic E-state index is -3.85. The number of benzene rings is 1. The molecule has 0 aliphatic carbocycles. The summed E-state index contributed by atoms with van der Waals surface area (Å²) in [5.41, 5.74) is -0.612. The first kappa shape index (κ1) is 14.0. The van der Waals surface area contributed by atoms with Crippen molar-refractivity contribution < 1.29 is 12.8 Å². The molecule has 0 saturated carbocycles. The molecule has 1 aromatic carbocycles. The third kappa shape index (κ3) is 2.78. The first-order valence-corrected chi connectivity index (χ1v) is 7.48. The van der Waals surface area contributed by atoms with Gasteiger partial charge in [-0.25, -0.2) is 12.8 Å². The molecule has 0 aliphatic heterocycles. The van der Waals surface area contributed by atoms with Crippen LogP contribution < -0.4 is 5.56 Å². The van der Waals surface area contributed by atoms with E-state index in [1.807, 2.05) is 0 Å². The lowest BCUT2D eigenvalue weighted by Crippen LogP contribution is -2.22. The highest BCUT2D eigenvalue weighted by atomic mass is 35.7. The lowest BCUT2D eigenvalue weighted by molar-refractivity contribution is 0.601. The van der Waals surface area contributed by atoms with Crippen LogP contribution in [-0.2, 0) is 9.05 Å². The minimum absolute atomic E-state index is 0.126. The molecule has 0 radical (unpaired) electrons. The van der Waals surface area contributed by atoms with Gasteiger partial charge < -0.3 is 0 Å². The molecule has 0 unspecified atom stereocenters. The summed E-state index contributed by atoms with van der Waals surface area (Å²) in [6, 6.07) is 5.00. The van der Waals surface area contributed by atoms with E-state index >= 15 is 0 Å². The van der Waals surface area contributed by atoms with E-state index in [0.717, 1.165) is 10.9 Å². The van der Waals surface area contributed by atoms with Crippen molar-refractivity contribution in [3.63, 3.8) is 0 Å². The van der Waals surface area contributed by atoms with Crippen LogP contribution in [0.2, 0.25) is 5.02 Å². The summed E-state index contributed by atoms with van der Waals surface area (Å²) < 4.78 is 35.9. The number of rotatable bonds is 2. The van der Waals surface area contributed by atoms with Crippen molar-refractivity contribution in [3.8, 4) is 5.69 Å². The van der Waals surface area contributed by atoms with Gasteiger partial charge in [0.1, 0.15) is 5.02 Å². The van der Waals surface area contributed by atoms with Gasteiger partial charge in [-0.2, -0.15) is 9.78 Å². The molecule has 0 atom stereocenters. The van der Waals surface area contributed by atoms with Gasteiger partial charge in [0, 0.05) is 10.7 Å². The van der Waals surface area contributed by atoms with Crippen molar-refractivity contribution in [1.29, 1.82) is 0 Å². The monoisotopic (exact) mass is 322 g/mol. The van der Waals surface area contributed by atoms with E-state index in [4.69, 9.17) is 22.3 Å². The molecule has 2 aromatic rings. The van der Waals surface area contributed by atoms with E-state index in [9.17, 15) is 17.6 Å². The van der Waals surface area contributed by atoms with E-state index in [0.29, 0.717) is 0 Å². The molecule has 19 heavy (non-hydrogen) atoms. The van der Waals surface area contributed by atoms with Crippen LogP contribution in [0, 0.1) is 5.82 Å². The number of nitrogens with zero attached hydrogens (tertiary/aromatic N) is 2. The maximum Gasteiger partial charge on any atom is 0.293 e. The highest BCUT2D eigenvalue weighted by Crippen LogP contribution is 2.16. The first-order chi connectivity index (χ1) is 8.80. The van der Waals surface area contributed by atoms with Gasteiger partial charge in [-0.05, 0) is 24.3 Å². The van der Waals surface area contributed by atoms with Gasteiger partial charge in [0.2, 0.25) is 0 Å². The van der Waals surface area contributed by atoms with Gasteiger partial charge in [0.05, 0.1) is 16.8 Å². The summed E-state index contributed by atoms with van der Waals surface area (Å²) >= 11 is 5.47. The van der Waals surface area contributed by atoms with Crippen molar-refractivity contribution in [2.75, 3.05) is 0 Å². The van der Waals surface area contributed by atoms with E-state index in [1.165, 1.54) is 24.3 Å². The van der Waals surface area contributed by atoms with E-state index in [-0.39, 0.29) is 10.6 Å². The van der Waals surface area contributed by atoms with Crippen molar-refractivity contribution in [2.24, 2.45) is 0 Å². The van der Waals surface area contributed by atoms with Crippen LogP contribution in [0.25, 0.3) is 5.69 Å². The molecular weight excluding hydrogens is 318 g/mol. The van der Waals surface area contributed by atoms with Gasteiger partial charge in [0.15, 0.2) is 5.82 Å². The van der Waals surface area contributed by atoms with Gasteiger partial charge in [-0.15, -0.1) is 0 Å². The summed E-state index contributed by atoms with van der Waals surface area (Å²) in [5.74, 6) is -0.928. The second-order valence-electron chi connectivity index (χ2n) is 3.46. The van der Waals surface area contributed by atoms with Crippen LogP contribution in [0.4, 0.5) is 4.39 Å². The average Bonchev–Trinajstić information content (AvgIpc) is 2.35. The Kier molecular flexibility index (Phi) is 3.62. The molecule has 2 rings (SSSR count). The Bertz CT molecular complexity index is 787. The third-order valence-electron chi connectivity index (χ3n) is 2.24. The molecule has 0 spiro atoms. The summed E-state index contributed by atoms with van der Waals surface area (Å²) in [5, 5.41) is 2.97. The maximum atomic E-state index is 13.0. The van der Waals surface area contributed by atoms with Crippen LogP contribution in [0.3, 0.4) is 0 Å². The van der Waals surface area contributed by atoms with E-state index in [2.05, 4.69) is 5.10 Å². The SMILES string of the molecule is O=c1c(Cl)c(F)cnn1-c1ccc(S(=O)(=O)Cl)cc1. The summed E-state index contributed by atoms with van der Waals surface area (Å²) in [6.45, 7) is 0. The number of aromatic nitrogens is 2. The second kappa shape index (κ2) is 4.92. The normalized spacial score (nSPS) is 11.5. The minimum Gasteiger partial charge on any atom is -0.266 e. The molecular formula is C10H5Cl2FN2O3S. The van der Waals surface area contributed by atoms with Crippen molar-refractivity contribution in [1.82, 2.24) is 9.78 Å². The van der Waals surface area contributed by atoms with Crippen molar-refractivity contribution in [3.05, 3.63) is 51.7 Å². The highest BCUT2D eigenvalue weighted by molar-refractivity contribution is 8.13. The molecule has 1 heterocycles. The van der Waals surface area contributed by atoms with E-state index < -0.39 is 25.4 Å². The van der Waals surface area contributed by atoms with Crippen LogP contribution in [-0.4, -0.2) is 18.2 Å². The highest BCUT2D eigenvalue weighted by Gasteiger charge is 2.12. The molecule has 0 amide bonds. The molecule has 0 fully saturated rings. The van der Waals surface area contributed by atoms with Crippen molar-refractivity contribution in [2.45, 2.75) is 4.90 Å². The molecule has 1 aromatic heterocycles. The van der Waals surface area contributed by atoms with Crippen LogP contribution in [0.15, 0.2) is 40.2 Å². The Morgan fingerprint density at radius 3 is 2.32 bits per heavy atom. The summed E-state index contributed by atoms with van der Waals surface area (Å²) in [7, 11) is 1.30. The molecule has 0 aliphatic rings.